The average molecular weight is 205 g/mol. The van der Waals surface area contributed by atoms with Crippen molar-refractivity contribution in [2.75, 3.05) is 10.6 Å². The monoisotopic (exact) mass is 205 g/mol. The van der Waals surface area contributed by atoms with E-state index in [9.17, 15) is 4.79 Å². The van der Waals surface area contributed by atoms with Gasteiger partial charge in [0, 0.05) is 12.5 Å². The molecular formula is C11H15N3O. The molecule has 0 atom stereocenters. The third-order valence-electron chi connectivity index (χ3n) is 2.30. The number of amides is 1. The van der Waals surface area contributed by atoms with Crippen molar-refractivity contribution in [3.8, 4) is 0 Å². The summed E-state index contributed by atoms with van der Waals surface area (Å²) in [5.41, 5.74) is 1.02. The maximum absolute atomic E-state index is 11.1. The van der Waals surface area contributed by atoms with Crippen molar-refractivity contribution in [2.45, 2.75) is 32.2 Å². The van der Waals surface area contributed by atoms with E-state index in [1.165, 1.54) is 12.8 Å². The Balaban J connectivity index is 1.93. The topological polar surface area (TPSA) is 54.0 Å². The minimum atomic E-state index is -0.00889. The van der Waals surface area contributed by atoms with Gasteiger partial charge in [-0.05, 0) is 25.0 Å². The van der Waals surface area contributed by atoms with Crippen LogP contribution in [0, 0.1) is 0 Å². The van der Waals surface area contributed by atoms with E-state index in [0.29, 0.717) is 18.3 Å². The predicted molar refractivity (Wildman–Crippen MR) is 59.8 cm³/mol. The molecular weight excluding hydrogens is 190 g/mol. The lowest BCUT2D eigenvalue weighted by atomic mass is 10.4. The van der Waals surface area contributed by atoms with Gasteiger partial charge in [-0.2, -0.15) is 0 Å². The zero-order valence-corrected chi connectivity index (χ0v) is 8.79. The van der Waals surface area contributed by atoms with Crippen molar-refractivity contribution < 1.29 is 4.79 Å². The number of hydrogen-bond acceptors (Lipinski definition) is 3. The first kappa shape index (κ1) is 9.96. The van der Waals surface area contributed by atoms with Gasteiger partial charge in [0.25, 0.3) is 0 Å². The van der Waals surface area contributed by atoms with E-state index in [0.717, 1.165) is 5.69 Å². The minimum absolute atomic E-state index is 0.00889. The van der Waals surface area contributed by atoms with Gasteiger partial charge in [-0.3, -0.25) is 4.79 Å². The summed E-state index contributed by atoms with van der Waals surface area (Å²) in [5.74, 6) is 0.605. The quantitative estimate of drug-likeness (QED) is 0.790. The highest BCUT2D eigenvalue weighted by Crippen LogP contribution is 2.24. The Morgan fingerprint density at radius 1 is 1.53 bits per heavy atom. The van der Waals surface area contributed by atoms with Gasteiger partial charge in [0.2, 0.25) is 5.91 Å². The number of hydrogen-bond donors (Lipinski definition) is 2. The molecule has 0 unspecified atom stereocenters. The molecule has 1 aromatic heterocycles. The highest BCUT2D eigenvalue weighted by molar-refractivity contribution is 5.89. The molecule has 1 saturated carbocycles. The molecule has 80 valence electrons. The third-order valence-corrected chi connectivity index (χ3v) is 2.30. The second-order valence-electron chi connectivity index (χ2n) is 3.75. The second kappa shape index (κ2) is 4.29. The third kappa shape index (κ3) is 2.94. The summed E-state index contributed by atoms with van der Waals surface area (Å²) in [7, 11) is 0. The normalized spacial score (nSPS) is 14.7. The fourth-order valence-electron chi connectivity index (χ4n) is 1.25. The Hall–Kier alpha value is -1.58. The van der Waals surface area contributed by atoms with Gasteiger partial charge in [0.05, 0.1) is 11.9 Å². The summed E-state index contributed by atoms with van der Waals surface area (Å²) in [6.07, 6.45) is 4.72. The lowest BCUT2D eigenvalue weighted by molar-refractivity contribution is -0.115. The van der Waals surface area contributed by atoms with E-state index in [-0.39, 0.29) is 5.91 Å². The highest BCUT2D eigenvalue weighted by Gasteiger charge is 2.20. The molecule has 15 heavy (non-hydrogen) atoms. The smallest absolute Gasteiger partial charge is 0.225 e. The predicted octanol–water partition coefficient (Wildman–Crippen LogP) is 2.00. The second-order valence-corrected chi connectivity index (χ2v) is 3.75. The molecule has 1 amide bonds. The van der Waals surface area contributed by atoms with Gasteiger partial charge in [0.1, 0.15) is 5.82 Å². The molecule has 0 radical (unpaired) electrons. The number of pyridine rings is 1. The maximum atomic E-state index is 11.1. The summed E-state index contributed by atoms with van der Waals surface area (Å²) in [6.45, 7) is 1.82. The van der Waals surface area contributed by atoms with Crippen molar-refractivity contribution in [1.29, 1.82) is 0 Å². The largest absolute Gasteiger partial charge is 0.381 e. The number of aromatic nitrogens is 1. The van der Waals surface area contributed by atoms with Crippen molar-refractivity contribution in [3.05, 3.63) is 18.3 Å². The summed E-state index contributed by atoms with van der Waals surface area (Å²) >= 11 is 0. The molecule has 0 spiro atoms. The van der Waals surface area contributed by atoms with Crippen LogP contribution in [0.15, 0.2) is 18.3 Å². The van der Waals surface area contributed by atoms with E-state index < -0.39 is 0 Å². The highest BCUT2D eigenvalue weighted by atomic mass is 16.1. The number of nitrogens with zero attached hydrogens (tertiary/aromatic N) is 1. The number of anilines is 2. The van der Waals surface area contributed by atoms with Crippen LogP contribution in [0.4, 0.5) is 11.5 Å². The number of carbonyl (C=O) groups is 1. The van der Waals surface area contributed by atoms with E-state index in [2.05, 4.69) is 15.6 Å². The first-order chi connectivity index (χ1) is 7.28. The van der Waals surface area contributed by atoms with Gasteiger partial charge < -0.3 is 10.6 Å². The molecule has 1 aliphatic carbocycles. The minimum Gasteiger partial charge on any atom is -0.381 e. The van der Waals surface area contributed by atoms with Crippen LogP contribution in [-0.2, 0) is 4.79 Å². The number of nitrogens with one attached hydrogen (secondary N) is 2. The molecule has 0 bridgehead atoms. The summed E-state index contributed by atoms with van der Waals surface area (Å²) in [5, 5.41) is 6.05. The molecule has 0 aliphatic heterocycles. The summed E-state index contributed by atoms with van der Waals surface area (Å²) < 4.78 is 0. The van der Waals surface area contributed by atoms with Gasteiger partial charge in [0.15, 0.2) is 0 Å². The molecule has 1 fully saturated rings. The Labute approximate surface area is 89.1 Å². The van der Waals surface area contributed by atoms with E-state index in [1.807, 2.05) is 19.1 Å². The number of carbonyl (C=O) groups excluding carboxylic acids is 1. The lowest BCUT2D eigenvalue weighted by Gasteiger charge is -2.05. The SMILES string of the molecule is CCC(=O)Nc1ccc(NC2CC2)cn1. The van der Waals surface area contributed by atoms with Crippen molar-refractivity contribution in [1.82, 2.24) is 4.98 Å². The fraction of sp³-hybridized carbons (Fsp3) is 0.455. The molecule has 4 heteroatoms. The molecule has 1 aromatic rings. The van der Waals surface area contributed by atoms with Crippen LogP contribution in [-0.4, -0.2) is 16.9 Å². The summed E-state index contributed by atoms with van der Waals surface area (Å²) in [6, 6.07) is 4.39. The van der Waals surface area contributed by atoms with Crippen LogP contribution in [0.25, 0.3) is 0 Å². The Kier molecular flexibility index (Phi) is 2.85. The molecule has 2 rings (SSSR count). The van der Waals surface area contributed by atoms with Gasteiger partial charge in [-0.15, -0.1) is 0 Å². The van der Waals surface area contributed by atoms with E-state index in [4.69, 9.17) is 0 Å². The Morgan fingerprint density at radius 3 is 2.87 bits per heavy atom. The molecule has 0 saturated heterocycles. The molecule has 4 nitrogen and oxygen atoms in total. The molecule has 0 aromatic carbocycles. The standard InChI is InChI=1S/C11H15N3O/c1-2-11(15)14-10-6-5-9(7-12-10)13-8-3-4-8/h5-8,13H,2-4H2,1H3,(H,12,14,15). The molecule has 1 heterocycles. The van der Waals surface area contributed by atoms with Crippen LogP contribution in [0.1, 0.15) is 26.2 Å². The molecule has 2 N–H and O–H groups in total. The van der Waals surface area contributed by atoms with Gasteiger partial charge >= 0.3 is 0 Å². The first-order valence-corrected chi connectivity index (χ1v) is 5.30. The lowest BCUT2D eigenvalue weighted by Crippen LogP contribution is -2.10. The van der Waals surface area contributed by atoms with Crippen LogP contribution >= 0.6 is 0 Å². The van der Waals surface area contributed by atoms with Crippen molar-refractivity contribution >= 4 is 17.4 Å². The Bertz CT molecular complexity index is 343. The van der Waals surface area contributed by atoms with Gasteiger partial charge in [-0.1, -0.05) is 6.92 Å². The Morgan fingerprint density at radius 2 is 2.33 bits per heavy atom. The van der Waals surface area contributed by atoms with E-state index in [1.54, 1.807) is 6.20 Å². The zero-order valence-electron chi connectivity index (χ0n) is 8.79. The fourth-order valence-corrected chi connectivity index (χ4v) is 1.25. The van der Waals surface area contributed by atoms with Crippen molar-refractivity contribution in [3.63, 3.8) is 0 Å². The summed E-state index contributed by atoms with van der Waals surface area (Å²) in [4.78, 5) is 15.2. The van der Waals surface area contributed by atoms with Crippen LogP contribution in [0.5, 0.6) is 0 Å². The van der Waals surface area contributed by atoms with Crippen molar-refractivity contribution in [2.24, 2.45) is 0 Å². The van der Waals surface area contributed by atoms with Crippen LogP contribution < -0.4 is 10.6 Å². The average Bonchev–Trinajstić information content (AvgIpc) is 3.05. The maximum Gasteiger partial charge on any atom is 0.225 e. The zero-order chi connectivity index (χ0) is 10.7. The van der Waals surface area contributed by atoms with Gasteiger partial charge in [-0.25, -0.2) is 4.98 Å². The van der Waals surface area contributed by atoms with Crippen LogP contribution in [0.2, 0.25) is 0 Å². The number of rotatable bonds is 4. The first-order valence-electron chi connectivity index (χ1n) is 5.30. The van der Waals surface area contributed by atoms with Crippen LogP contribution in [0.3, 0.4) is 0 Å². The molecule has 1 aliphatic rings. The van der Waals surface area contributed by atoms with E-state index >= 15 is 0 Å².